The molecule has 0 saturated carbocycles. The maximum Gasteiger partial charge on any atom is 0.280 e. The second-order valence-electron chi connectivity index (χ2n) is 3.19. The highest BCUT2D eigenvalue weighted by molar-refractivity contribution is 5.96. The third kappa shape index (κ3) is 1.41. The fraction of sp³-hybridized carbons (Fsp3) is 0.571. The zero-order valence-electron chi connectivity index (χ0n) is 7.38. The number of hydrogen-bond donors (Lipinski definition) is 2. The third-order valence-corrected chi connectivity index (χ3v) is 2.17. The first-order valence-electron chi connectivity index (χ1n) is 4.24. The van der Waals surface area contributed by atoms with Gasteiger partial charge in [-0.1, -0.05) is 0 Å². The van der Waals surface area contributed by atoms with Crippen LogP contribution in [0, 0.1) is 0 Å². The van der Waals surface area contributed by atoms with Crippen LogP contribution in [0.5, 0.6) is 0 Å². The number of β-amino-alcohol motifs (C(OH)–C–C–N with tert-alkyl or cyclic N) is 1. The molecule has 1 fully saturated rings. The van der Waals surface area contributed by atoms with E-state index in [2.05, 4.69) is 14.9 Å². The molecule has 7 heteroatoms. The van der Waals surface area contributed by atoms with Crippen LogP contribution in [0.2, 0.25) is 0 Å². The Hall–Kier alpha value is -1.63. The zero-order valence-corrected chi connectivity index (χ0v) is 7.38. The molecule has 2 rings (SSSR count). The van der Waals surface area contributed by atoms with Crippen LogP contribution in [0.1, 0.15) is 16.9 Å². The molecule has 0 spiro atoms. The Balaban J connectivity index is 2.13. The Morgan fingerprint density at radius 1 is 1.64 bits per heavy atom. The molecule has 0 unspecified atom stereocenters. The minimum atomic E-state index is -0.458. The maximum atomic E-state index is 11.6. The number of hydrogen-bond acceptors (Lipinski definition) is 6. The lowest BCUT2D eigenvalue weighted by molar-refractivity contribution is 0.0755. The fourth-order valence-corrected chi connectivity index (χ4v) is 1.42. The normalized spacial score (nSPS) is 21.5. The molecule has 1 amide bonds. The number of aromatic nitrogens is 2. The molecule has 0 aromatic carbocycles. The largest absolute Gasteiger partial charge is 0.391 e. The first kappa shape index (κ1) is 8.95. The van der Waals surface area contributed by atoms with Crippen LogP contribution >= 0.6 is 0 Å². The number of nitrogens with two attached hydrogens (primary N) is 1. The van der Waals surface area contributed by atoms with Gasteiger partial charge in [0.05, 0.1) is 6.10 Å². The van der Waals surface area contributed by atoms with E-state index < -0.39 is 6.10 Å². The number of carbonyl (C=O) groups is 1. The number of nitrogens with zero attached hydrogens (tertiary/aromatic N) is 3. The Morgan fingerprint density at radius 3 is 2.93 bits per heavy atom. The lowest BCUT2D eigenvalue weighted by atomic mass is 10.3. The van der Waals surface area contributed by atoms with Gasteiger partial charge in [0.1, 0.15) is 0 Å². The first-order chi connectivity index (χ1) is 6.68. The fourth-order valence-electron chi connectivity index (χ4n) is 1.42. The van der Waals surface area contributed by atoms with E-state index in [1.165, 1.54) is 4.90 Å². The van der Waals surface area contributed by atoms with Gasteiger partial charge in [0.2, 0.25) is 11.5 Å². The summed E-state index contributed by atoms with van der Waals surface area (Å²) in [5.74, 6) is -0.364. The van der Waals surface area contributed by atoms with Crippen molar-refractivity contribution >= 4 is 11.7 Å². The second kappa shape index (κ2) is 3.26. The summed E-state index contributed by atoms with van der Waals surface area (Å²) in [5, 5.41) is 15.9. The van der Waals surface area contributed by atoms with Gasteiger partial charge in [-0.25, -0.2) is 4.63 Å². The summed E-state index contributed by atoms with van der Waals surface area (Å²) in [5.41, 5.74) is 5.38. The minimum absolute atomic E-state index is 0.0131. The molecule has 14 heavy (non-hydrogen) atoms. The van der Waals surface area contributed by atoms with E-state index in [1.54, 1.807) is 0 Å². The molecule has 1 atom stereocenters. The Bertz CT molecular complexity index is 350. The van der Waals surface area contributed by atoms with Gasteiger partial charge in [0.25, 0.3) is 5.91 Å². The van der Waals surface area contributed by atoms with Crippen LogP contribution in [0.3, 0.4) is 0 Å². The van der Waals surface area contributed by atoms with Gasteiger partial charge < -0.3 is 15.7 Å². The van der Waals surface area contributed by atoms with Crippen molar-refractivity contribution in [1.29, 1.82) is 0 Å². The summed E-state index contributed by atoms with van der Waals surface area (Å²) in [6.45, 7) is 0.817. The molecular weight excluding hydrogens is 188 g/mol. The summed E-state index contributed by atoms with van der Waals surface area (Å²) < 4.78 is 4.32. The van der Waals surface area contributed by atoms with Gasteiger partial charge in [-0.3, -0.25) is 4.79 Å². The van der Waals surface area contributed by atoms with Gasteiger partial charge in [-0.2, -0.15) is 0 Å². The number of anilines is 1. The maximum absolute atomic E-state index is 11.6. The number of rotatable bonds is 1. The van der Waals surface area contributed by atoms with E-state index in [1.807, 2.05) is 0 Å². The highest BCUT2D eigenvalue weighted by Gasteiger charge is 2.28. The average molecular weight is 198 g/mol. The molecule has 1 aromatic rings. The molecule has 0 radical (unpaired) electrons. The molecule has 1 saturated heterocycles. The number of aliphatic hydroxyl groups is 1. The Labute approximate surface area is 79.4 Å². The molecule has 76 valence electrons. The summed E-state index contributed by atoms with van der Waals surface area (Å²) >= 11 is 0. The number of carbonyl (C=O) groups excluding carboxylic acids is 1. The summed E-state index contributed by atoms with van der Waals surface area (Å²) in [6, 6.07) is 0. The van der Waals surface area contributed by atoms with Crippen molar-refractivity contribution in [3.63, 3.8) is 0 Å². The standard InChI is InChI=1S/C7H10N4O3/c8-6-5(9-14-10-6)7(13)11-2-1-4(12)3-11/h4,12H,1-3H2,(H2,8,10)/t4-/m1/s1. The van der Waals surface area contributed by atoms with Gasteiger partial charge in [-0.15, -0.1) is 0 Å². The summed E-state index contributed by atoms with van der Waals surface area (Å²) in [6.07, 6.45) is 0.122. The molecule has 3 N–H and O–H groups in total. The number of aliphatic hydroxyl groups excluding tert-OH is 1. The van der Waals surface area contributed by atoms with Crippen LogP contribution in [0.15, 0.2) is 4.63 Å². The summed E-state index contributed by atoms with van der Waals surface area (Å²) in [7, 11) is 0. The van der Waals surface area contributed by atoms with Crippen molar-refractivity contribution in [1.82, 2.24) is 15.2 Å². The zero-order chi connectivity index (χ0) is 10.1. The molecule has 0 bridgehead atoms. The van der Waals surface area contributed by atoms with Crippen molar-refractivity contribution in [2.24, 2.45) is 0 Å². The smallest absolute Gasteiger partial charge is 0.280 e. The van der Waals surface area contributed by atoms with Crippen LogP contribution in [-0.2, 0) is 0 Å². The highest BCUT2D eigenvalue weighted by atomic mass is 16.6. The third-order valence-electron chi connectivity index (χ3n) is 2.17. The van der Waals surface area contributed by atoms with E-state index in [0.717, 1.165) is 0 Å². The highest BCUT2D eigenvalue weighted by Crippen LogP contribution is 2.14. The molecule has 7 nitrogen and oxygen atoms in total. The average Bonchev–Trinajstić information content (AvgIpc) is 2.73. The molecule has 1 aromatic heterocycles. The minimum Gasteiger partial charge on any atom is -0.391 e. The van der Waals surface area contributed by atoms with Crippen LogP contribution in [-0.4, -0.2) is 45.4 Å². The van der Waals surface area contributed by atoms with Crippen LogP contribution in [0.4, 0.5) is 5.82 Å². The predicted octanol–water partition coefficient (Wildman–Crippen LogP) is -1.14. The number of nitrogen functional groups attached to an aromatic ring is 1. The van der Waals surface area contributed by atoms with Gasteiger partial charge in [0, 0.05) is 13.1 Å². The first-order valence-corrected chi connectivity index (χ1v) is 4.24. The summed E-state index contributed by atoms with van der Waals surface area (Å²) in [4.78, 5) is 13.1. The molecule has 0 aliphatic carbocycles. The van der Waals surface area contributed by atoms with E-state index in [9.17, 15) is 9.90 Å². The van der Waals surface area contributed by atoms with Crippen molar-refractivity contribution in [2.75, 3.05) is 18.8 Å². The van der Waals surface area contributed by atoms with E-state index in [0.29, 0.717) is 19.5 Å². The van der Waals surface area contributed by atoms with E-state index in [4.69, 9.17) is 5.73 Å². The van der Waals surface area contributed by atoms with E-state index >= 15 is 0 Å². The number of likely N-dealkylation sites (tertiary alicyclic amines) is 1. The van der Waals surface area contributed by atoms with Gasteiger partial charge in [-0.05, 0) is 16.7 Å². The van der Waals surface area contributed by atoms with Gasteiger partial charge >= 0.3 is 0 Å². The SMILES string of the molecule is Nc1nonc1C(=O)N1CC[C@@H](O)C1. The van der Waals surface area contributed by atoms with Crippen molar-refractivity contribution in [2.45, 2.75) is 12.5 Å². The monoisotopic (exact) mass is 198 g/mol. The predicted molar refractivity (Wildman–Crippen MR) is 45.2 cm³/mol. The van der Waals surface area contributed by atoms with Crippen LogP contribution in [0.25, 0.3) is 0 Å². The Kier molecular flexibility index (Phi) is 2.08. The second-order valence-corrected chi connectivity index (χ2v) is 3.19. The Morgan fingerprint density at radius 2 is 2.43 bits per heavy atom. The number of amides is 1. The topological polar surface area (TPSA) is 105 Å². The lowest BCUT2D eigenvalue weighted by Crippen LogP contribution is -2.30. The van der Waals surface area contributed by atoms with Crippen molar-refractivity contribution < 1.29 is 14.5 Å². The quantitative estimate of drug-likeness (QED) is 0.590. The molecule has 1 aliphatic rings. The van der Waals surface area contributed by atoms with Crippen molar-refractivity contribution in [3.8, 4) is 0 Å². The van der Waals surface area contributed by atoms with Crippen molar-refractivity contribution in [3.05, 3.63) is 5.69 Å². The molecular formula is C7H10N4O3. The molecule has 1 aliphatic heterocycles. The van der Waals surface area contributed by atoms with E-state index in [-0.39, 0.29) is 17.4 Å². The van der Waals surface area contributed by atoms with Crippen LogP contribution < -0.4 is 5.73 Å². The lowest BCUT2D eigenvalue weighted by Gasteiger charge is -2.12. The molecule has 2 heterocycles. The van der Waals surface area contributed by atoms with Gasteiger partial charge in [0.15, 0.2) is 0 Å².